The molecule has 3 N–H and O–H groups in total. The molecule has 118 valence electrons. The fourth-order valence-corrected chi connectivity index (χ4v) is 2.81. The summed E-state index contributed by atoms with van der Waals surface area (Å²) in [5.41, 5.74) is 1.36. The molecule has 1 fully saturated rings. The molecule has 0 amide bonds. The van der Waals surface area contributed by atoms with Crippen molar-refractivity contribution >= 4 is 16.6 Å². The second kappa shape index (κ2) is 5.65. The van der Waals surface area contributed by atoms with Crippen molar-refractivity contribution in [3.63, 3.8) is 0 Å². The Morgan fingerprint density at radius 3 is 2.86 bits per heavy atom. The van der Waals surface area contributed by atoms with Crippen molar-refractivity contribution in [1.82, 2.24) is 4.98 Å². The van der Waals surface area contributed by atoms with E-state index in [4.69, 9.17) is 9.47 Å². The Bertz CT molecular complexity index is 700. The SMILES string of the molecule is CO[C@@H]1[C@H](O)[C@@H](CO)O[C@H]1c1cc2cc([N+](=O)[O-])ccc2[nH]1. The first-order valence-electron chi connectivity index (χ1n) is 6.79. The number of nitro benzene ring substituents is 1. The highest BCUT2D eigenvalue weighted by Gasteiger charge is 2.45. The fourth-order valence-electron chi connectivity index (χ4n) is 2.81. The molecular formula is C14H16N2O6. The third-order valence-electron chi connectivity index (χ3n) is 3.93. The van der Waals surface area contributed by atoms with Crippen LogP contribution in [-0.2, 0) is 9.47 Å². The first kappa shape index (κ1) is 14.9. The minimum atomic E-state index is -0.944. The van der Waals surface area contributed by atoms with E-state index in [0.717, 1.165) is 5.52 Å². The smallest absolute Gasteiger partial charge is 0.270 e. The maximum atomic E-state index is 10.8. The summed E-state index contributed by atoms with van der Waals surface area (Å²) in [4.78, 5) is 13.5. The van der Waals surface area contributed by atoms with Crippen molar-refractivity contribution in [2.45, 2.75) is 24.4 Å². The van der Waals surface area contributed by atoms with Crippen LogP contribution in [0.2, 0.25) is 0 Å². The number of fused-ring (bicyclic) bond motifs is 1. The van der Waals surface area contributed by atoms with Gasteiger partial charge < -0.3 is 24.7 Å². The van der Waals surface area contributed by atoms with E-state index >= 15 is 0 Å². The van der Waals surface area contributed by atoms with Gasteiger partial charge in [0.25, 0.3) is 5.69 Å². The van der Waals surface area contributed by atoms with Crippen LogP contribution in [-0.4, -0.2) is 52.1 Å². The zero-order chi connectivity index (χ0) is 15.9. The molecule has 4 atom stereocenters. The summed E-state index contributed by atoms with van der Waals surface area (Å²) in [6, 6.07) is 6.22. The van der Waals surface area contributed by atoms with Crippen LogP contribution >= 0.6 is 0 Å². The molecule has 2 heterocycles. The molecule has 22 heavy (non-hydrogen) atoms. The zero-order valence-corrected chi connectivity index (χ0v) is 11.8. The minimum absolute atomic E-state index is 0.00181. The summed E-state index contributed by atoms with van der Waals surface area (Å²) < 4.78 is 10.9. The van der Waals surface area contributed by atoms with Gasteiger partial charge in [-0.25, -0.2) is 0 Å². The lowest BCUT2D eigenvalue weighted by molar-refractivity contribution is -0.384. The van der Waals surface area contributed by atoms with Gasteiger partial charge >= 0.3 is 0 Å². The molecule has 3 rings (SSSR count). The Morgan fingerprint density at radius 1 is 1.45 bits per heavy atom. The molecule has 1 aliphatic rings. The Morgan fingerprint density at radius 2 is 2.23 bits per heavy atom. The molecule has 0 bridgehead atoms. The summed E-state index contributed by atoms with van der Waals surface area (Å²) >= 11 is 0. The quantitative estimate of drug-likeness (QED) is 0.570. The van der Waals surface area contributed by atoms with E-state index < -0.39 is 29.3 Å². The van der Waals surface area contributed by atoms with Crippen molar-refractivity contribution in [3.8, 4) is 0 Å². The molecule has 1 aliphatic heterocycles. The molecule has 0 aliphatic carbocycles. The van der Waals surface area contributed by atoms with Crippen molar-refractivity contribution in [1.29, 1.82) is 0 Å². The van der Waals surface area contributed by atoms with Crippen LogP contribution in [0.15, 0.2) is 24.3 Å². The molecular weight excluding hydrogens is 292 g/mol. The van der Waals surface area contributed by atoms with Crippen LogP contribution in [0.25, 0.3) is 10.9 Å². The molecule has 0 radical (unpaired) electrons. The van der Waals surface area contributed by atoms with Gasteiger partial charge in [0.1, 0.15) is 24.4 Å². The maximum Gasteiger partial charge on any atom is 0.270 e. The Hall–Kier alpha value is -2.00. The van der Waals surface area contributed by atoms with Gasteiger partial charge in [0.05, 0.1) is 11.5 Å². The summed E-state index contributed by atoms with van der Waals surface area (Å²) in [7, 11) is 1.46. The lowest BCUT2D eigenvalue weighted by Crippen LogP contribution is -2.33. The summed E-state index contributed by atoms with van der Waals surface area (Å²) in [6.07, 6.45) is -2.87. The number of hydrogen-bond acceptors (Lipinski definition) is 6. The molecule has 0 spiro atoms. The number of rotatable bonds is 4. The number of aromatic amines is 1. The number of non-ortho nitro benzene ring substituents is 1. The number of benzene rings is 1. The van der Waals surface area contributed by atoms with E-state index in [0.29, 0.717) is 11.1 Å². The predicted molar refractivity (Wildman–Crippen MR) is 76.5 cm³/mol. The molecule has 1 aromatic carbocycles. The highest BCUT2D eigenvalue weighted by Crippen LogP contribution is 2.36. The van der Waals surface area contributed by atoms with Crippen molar-refractivity contribution < 1.29 is 24.6 Å². The maximum absolute atomic E-state index is 10.8. The van der Waals surface area contributed by atoms with E-state index in [1.54, 1.807) is 12.1 Å². The summed E-state index contributed by atoms with van der Waals surface area (Å²) in [5.74, 6) is 0. The van der Waals surface area contributed by atoms with E-state index in [9.17, 15) is 20.3 Å². The lowest BCUT2D eigenvalue weighted by atomic mass is 10.1. The van der Waals surface area contributed by atoms with E-state index in [-0.39, 0.29) is 12.3 Å². The number of nitrogens with one attached hydrogen (secondary N) is 1. The van der Waals surface area contributed by atoms with Crippen LogP contribution in [0.1, 0.15) is 11.8 Å². The van der Waals surface area contributed by atoms with Gasteiger partial charge in [-0.05, 0) is 12.1 Å². The number of hydrogen-bond donors (Lipinski definition) is 3. The largest absolute Gasteiger partial charge is 0.394 e. The number of nitro groups is 1. The third kappa shape index (κ3) is 2.35. The van der Waals surface area contributed by atoms with E-state index in [2.05, 4.69) is 4.98 Å². The van der Waals surface area contributed by atoms with Gasteiger partial charge in [0.2, 0.25) is 0 Å². The first-order chi connectivity index (χ1) is 10.5. The number of methoxy groups -OCH3 is 1. The van der Waals surface area contributed by atoms with E-state index in [1.165, 1.54) is 19.2 Å². The second-order valence-corrected chi connectivity index (χ2v) is 5.22. The predicted octanol–water partition coefficient (Wildman–Crippen LogP) is 0.884. The van der Waals surface area contributed by atoms with Crippen LogP contribution < -0.4 is 0 Å². The van der Waals surface area contributed by atoms with Crippen LogP contribution in [0.3, 0.4) is 0 Å². The Labute approximate surface area is 125 Å². The zero-order valence-electron chi connectivity index (χ0n) is 11.8. The summed E-state index contributed by atoms with van der Waals surface area (Å²) in [6.45, 7) is -0.316. The third-order valence-corrected chi connectivity index (χ3v) is 3.93. The van der Waals surface area contributed by atoms with Gasteiger partial charge in [-0.3, -0.25) is 10.1 Å². The van der Waals surface area contributed by atoms with Gasteiger partial charge in [-0.2, -0.15) is 0 Å². The number of aliphatic hydroxyl groups excluding tert-OH is 2. The lowest BCUT2D eigenvalue weighted by Gasteiger charge is -2.17. The highest BCUT2D eigenvalue weighted by molar-refractivity contribution is 5.82. The molecule has 8 nitrogen and oxygen atoms in total. The molecule has 0 unspecified atom stereocenters. The molecule has 1 aromatic heterocycles. The second-order valence-electron chi connectivity index (χ2n) is 5.22. The van der Waals surface area contributed by atoms with Crippen molar-refractivity contribution in [2.24, 2.45) is 0 Å². The fraction of sp³-hybridized carbons (Fsp3) is 0.429. The van der Waals surface area contributed by atoms with E-state index in [1.807, 2.05) is 0 Å². The standard InChI is InChI=1S/C14H16N2O6/c1-21-14-12(18)11(6-17)22-13(14)10-5-7-4-8(16(19)20)2-3-9(7)15-10/h2-5,11-15,17-18H,6H2,1H3/t11-,12-,13+,14-/m1/s1. The van der Waals surface area contributed by atoms with Crippen molar-refractivity contribution in [2.75, 3.05) is 13.7 Å². The monoisotopic (exact) mass is 308 g/mol. The van der Waals surface area contributed by atoms with Crippen LogP contribution in [0, 0.1) is 10.1 Å². The minimum Gasteiger partial charge on any atom is -0.394 e. The molecule has 0 saturated carbocycles. The average Bonchev–Trinajstić information content (AvgIpc) is 3.06. The molecule has 1 saturated heterocycles. The number of nitrogens with zero attached hydrogens (tertiary/aromatic N) is 1. The topological polar surface area (TPSA) is 118 Å². The Balaban J connectivity index is 1.97. The van der Waals surface area contributed by atoms with Gasteiger partial charge in [0.15, 0.2) is 0 Å². The van der Waals surface area contributed by atoms with Gasteiger partial charge in [-0.1, -0.05) is 0 Å². The first-order valence-corrected chi connectivity index (χ1v) is 6.79. The number of ether oxygens (including phenoxy) is 2. The number of aliphatic hydroxyl groups is 2. The number of H-pyrrole nitrogens is 1. The van der Waals surface area contributed by atoms with Crippen LogP contribution in [0.4, 0.5) is 5.69 Å². The van der Waals surface area contributed by atoms with Gasteiger partial charge in [0, 0.05) is 35.8 Å². The summed E-state index contributed by atoms with van der Waals surface area (Å²) in [5, 5.41) is 30.8. The highest BCUT2D eigenvalue weighted by atomic mass is 16.6. The Kier molecular flexibility index (Phi) is 3.83. The van der Waals surface area contributed by atoms with Crippen LogP contribution in [0.5, 0.6) is 0 Å². The molecule has 2 aromatic rings. The average molecular weight is 308 g/mol. The number of aromatic nitrogens is 1. The van der Waals surface area contributed by atoms with Crippen molar-refractivity contribution in [3.05, 3.63) is 40.1 Å². The normalized spacial score (nSPS) is 28.3. The van der Waals surface area contributed by atoms with Gasteiger partial charge in [-0.15, -0.1) is 0 Å². The molecule has 8 heteroatoms.